The Bertz CT molecular complexity index is 858. The van der Waals surface area contributed by atoms with Crippen molar-refractivity contribution in [2.75, 3.05) is 13.7 Å². The molecule has 0 aliphatic carbocycles. The van der Waals surface area contributed by atoms with Crippen molar-refractivity contribution in [1.82, 2.24) is 0 Å². The Morgan fingerprint density at radius 2 is 1.68 bits per heavy atom. The SMILES string of the molecule is B[C@@H](COCc1ccc(C)cc1)[C@@H](OCc1ccc(CN=[N+]=[N-])cc1)[C@H](F)/C=N\OC. The summed E-state index contributed by atoms with van der Waals surface area (Å²) in [6.07, 6.45) is -1.09. The number of azide groups is 1. The maximum atomic E-state index is 14.7. The third kappa shape index (κ3) is 8.80. The van der Waals surface area contributed by atoms with E-state index in [-0.39, 0.29) is 19.0 Å². The molecule has 0 saturated carbocycles. The zero-order chi connectivity index (χ0) is 22.5. The summed E-state index contributed by atoms with van der Waals surface area (Å²) in [6, 6.07) is 15.6. The number of nitrogens with zero attached hydrogens (tertiary/aromatic N) is 4. The Kier molecular flexibility index (Phi) is 10.6. The molecule has 0 radical (unpaired) electrons. The van der Waals surface area contributed by atoms with Gasteiger partial charge in [-0.15, -0.1) is 0 Å². The van der Waals surface area contributed by atoms with E-state index in [1.165, 1.54) is 12.7 Å². The predicted molar refractivity (Wildman–Crippen MR) is 121 cm³/mol. The van der Waals surface area contributed by atoms with E-state index in [9.17, 15) is 4.39 Å². The van der Waals surface area contributed by atoms with E-state index < -0.39 is 12.3 Å². The van der Waals surface area contributed by atoms with Crippen LogP contribution in [-0.4, -0.2) is 40.1 Å². The molecule has 0 fully saturated rings. The highest BCUT2D eigenvalue weighted by molar-refractivity contribution is 6.12. The molecule has 0 unspecified atom stereocenters. The number of rotatable bonds is 13. The van der Waals surface area contributed by atoms with Crippen LogP contribution in [0, 0.1) is 6.92 Å². The third-order valence-electron chi connectivity index (χ3n) is 4.74. The summed E-state index contributed by atoms with van der Waals surface area (Å²) >= 11 is 0. The molecule has 3 atom stereocenters. The molecule has 0 bridgehead atoms. The van der Waals surface area contributed by atoms with Crippen LogP contribution in [0.1, 0.15) is 22.3 Å². The average molecular weight is 426 g/mol. The standard InChI is InChI=1S/C22H28BFN4O3/c1-16-3-5-18(6-4-16)13-30-15-20(23)22(21(24)12-27-29-2)31-14-19-9-7-17(8-10-19)11-26-28-25/h3-10,12,20-22H,11,13-15,23H2,1-2H3/b27-12-/t20-,21+,22+/m0/s1. The van der Waals surface area contributed by atoms with Crippen molar-refractivity contribution in [2.24, 2.45) is 10.3 Å². The van der Waals surface area contributed by atoms with E-state index in [1.54, 1.807) is 0 Å². The smallest absolute Gasteiger partial charge is 0.164 e. The Hall–Kier alpha value is -2.87. The van der Waals surface area contributed by atoms with E-state index in [0.29, 0.717) is 13.2 Å². The number of hydrogen-bond acceptors (Lipinski definition) is 5. The summed E-state index contributed by atoms with van der Waals surface area (Å²) in [7, 11) is 3.25. The summed E-state index contributed by atoms with van der Waals surface area (Å²) in [4.78, 5) is 7.36. The molecule has 2 aromatic carbocycles. The van der Waals surface area contributed by atoms with Crippen molar-refractivity contribution >= 4 is 14.1 Å². The highest BCUT2D eigenvalue weighted by Crippen LogP contribution is 2.20. The molecule has 31 heavy (non-hydrogen) atoms. The van der Waals surface area contributed by atoms with Crippen molar-refractivity contribution in [3.05, 3.63) is 81.2 Å². The van der Waals surface area contributed by atoms with Crippen LogP contribution in [0.4, 0.5) is 4.39 Å². The molecule has 0 aromatic heterocycles. The van der Waals surface area contributed by atoms with Crippen LogP contribution < -0.4 is 0 Å². The van der Waals surface area contributed by atoms with E-state index in [1.807, 2.05) is 63.3 Å². The number of alkyl halides is 1. The summed E-state index contributed by atoms with van der Waals surface area (Å²) in [6.45, 7) is 3.34. The minimum absolute atomic E-state index is 0.215. The Morgan fingerprint density at radius 3 is 2.32 bits per heavy atom. The number of oxime groups is 1. The highest BCUT2D eigenvalue weighted by atomic mass is 19.1. The summed E-state index contributed by atoms with van der Waals surface area (Å²) in [5.74, 6) is -0.215. The van der Waals surface area contributed by atoms with E-state index in [0.717, 1.165) is 22.9 Å². The Balaban J connectivity index is 1.94. The number of halogens is 1. The number of aryl methyl sites for hydroxylation is 1. The van der Waals surface area contributed by atoms with Crippen molar-refractivity contribution < 1.29 is 18.7 Å². The fourth-order valence-corrected chi connectivity index (χ4v) is 2.96. The first kappa shape index (κ1) is 24.4. The first-order valence-electron chi connectivity index (χ1n) is 10.1. The minimum atomic E-state index is -1.44. The molecule has 9 heteroatoms. The molecule has 7 nitrogen and oxygen atoms in total. The van der Waals surface area contributed by atoms with Gasteiger partial charge in [-0.05, 0) is 35.0 Å². The second kappa shape index (κ2) is 13.4. The topological polar surface area (TPSA) is 88.8 Å². The van der Waals surface area contributed by atoms with Gasteiger partial charge >= 0.3 is 0 Å². The van der Waals surface area contributed by atoms with Gasteiger partial charge in [-0.1, -0.05) is 64.4 Å². The lowest BCUT2D eigenvalue weighted by molar-refractivity contribution is -0.0158. The quantitative estimate of drug-likeness (QED) is 0.119. The zero-order valence-electron chi connectivity index (χ0n) is 18.1. The van der Waals surface area contributed by atoms with Gasteiger partial charge in [0.2, 0.25) is 0 Å². The van der Waals surface area contributed by atoms with Crippen LogP contribution in [-0.2, 0) is 34.1 Å². The first-order chi connectivity index (χ1) is 15.0. The number of ether oxygens (including phenoxy) is 2. The molecule has 0 aliphatic rings. The van der Waals surface area contributed by atoms with Crippen molar-refractivity contribution in [2.45, 2.75) is 44.8 Å². The largest absolute Gasteiger partial charge is 0.399 e. The fraction of sp³-hybridized carbons (Fsp3) is 0.409. The van der Waals surface area contributed by atoms with Gasteiger partial charge in [-0.2, -0.15) is 0 Å². The molecule has 0 aliphatic heterocycles. The minimum Gasteiger partial charge on any atom is -0.399 e. The van der Waals surface area contributed by atoms with Crippen LogP contribution in [0.25, 0.3) is 10.4 Å². The molecular weight excluding hydrogens is 398 g/mol. The van der Waals surface area contributed by atoms with Crippen LogP contribution in [0.3, 0.4) is 0 Å². The van der Waals surface area contributed by atoms with Crippen LogP contribution in [0.5, 0.6) is 0 Å². The summed E-state index contributed by atoms with van der Waals surface area (Å²) in [5.41, 5.74) is 12.4. The molecule has 2 aromatic rings. The molecule has 0 N–H and O–H groups in total. The number of hydrogen-bond donors (Lipinski definition) is 0. The van der Waals surface area contributed by atoms with Crippen molar-refractivity contribution in [3.8, 4) is 0 Å². The van der Waals surface area contributed by atoms with Gasteiger partial charge < -0.3 is 14.3 Å². The molecule has 0 amide bonds. The van der Waals surface area contributed by atoms with Crippen LogP contribution in [0.15, 0.2) is 58.8 Å². The summed E-state index contributed by atoms with van der Waals surface area (Å²) < 4.78 is 26.5. The van der Waals surface area contributed by atoms with Crippen molar-refractivity contribution in [3.63, 3.8) is 0 Å². The molecule has 0 heterocycles. The maximum Gasteiger partial charge on any atom is 0.164 e. The monoisotopic (exact) mass is 426 g/mol. The number of benzene rings is 2. The van der Waals surface area contributed by atoms with Gasteiger partial charge in [0.25, 0.3) is 0 Å². The lowest BCUT2D eigenvalue weighted by Crippen LogP contribution is -2.34. The maximum absolute atomic E-state index is 14.7. The molecule has 164 valence electrons. The lowest BCUT2D eigenvalue weighted by atomic mass is 9.81. The fourth-order valence-electron chi connectivity index (χ4n) is 2.96. The molecule has 0 saturated heterocycles. The second-order valence-corrected chi connectivity index (χ2v) is 7.34. The van der Waals surface area contributed by atoms with E-state index >= 15 is 0 Å². The van der Waals surface area contributed by atoms with Gasteiger partial charge in [-0.3, -0.25) is 0 Å². The third-order valence-corrected chi connectivity index (χ3v) is 4.74. The average Bonchev–Trinajstić information content (AvgIpc) is 2.78. The van der Waals surface area contributed by atoms with Crippen LogP contribution >= 0.6 is 0 Å². The zero-order valence-corrected chi connectivity index (χ0v) is 18.1. The first-order valence-corrected chi connectivity index (χ1v) is 10.1. The highest BCUT2D eigenvalue weighted by Gasteiger charge is 2.27. The van der Waals surface area contributed by atoms with Gasteiger partial charge in [0, 0.05) is 11.5 Å². The molecular formula is C22H28BFN4O3. The van der Waals surface area contributed by atoms with E-state index in [4.69, 9.17) is 15.0 Å². The lowest BCUT2D eigenvalue weighted by Gasteiger charge is -2.26. The van der Waals surface area contributed by atoms with Crippen LogP contribution in [0.2, 0.25) is 5.82 Å². The second-order valence-electron chi connectivity index (χ2n) is 7.34. The Morgan fingerprint density at radius 1 is 1.06 bits per heavy atom. The summed E-state index contributed by atoms with van der Waals surface area (Å²) in [5, 5.41) is 7.08. The van der Waals surface area contributed by atoms with E-state index in [2.05, 4.69) is 20.0 Å². The molecule has 0 spiro atoms. The Labute approximate surface area is 183 Å². The van der Waals surface area contributed by atoms with Gasteiger partial charge in [-0.25, -0.2) is 4.39 Å². The van der Waals surface area contributed by atoms with Crippen molar-refractivity contribution in [1.29, 1.82) is 0 Å². The van der Waals surface area contributed by atoms with Gasteiger partial charge in [0.1, 0.15) is 15.0 Å². The molecule has 2 rings (SSSR count). The van der Waals surface area contributed by atoms with Gasteiger partial charge in [0.05, 0.1) is 32.1 Å². The predicted octanol–water partition coefficient (Wildman–Crippen LogP) is 4.30. The van der Waals surface area contributed by atoms with Gasteiger partial charge in [0.15, 0.2) is 6.17 Å². The normalized spacial score (nSPS) is 14.0.